The lowest BCUT2D eigenvalue weighted by molar-refractivity contribution is -0.129. The molecule has 1 aromatic rings. The predicted molar refractivity (Wildman–Crippen MR) is 63.1 cm³/mol. The summed E-state index contributed by atoms with van der Waals surface area (Å²) in [6.07, 6.45) is 2.91. The second-order valence-electron chi connectivity index (χ2n) is 5.25. The van der Waals surface area contributed by atoms with Crippen LogP contribution in [0.4, 0.5) is 0 Å². The molecule has 1 aromatic carbocycles. The fraction of sp³-hybridized carbons (Fsp3) is 0.500. The lowest BCUT2D eigenvalue weighted by atomic mass is 9.86. The predicted octanol–water partition coefficient (Wildman–Crippen LogP) is 2.41. The summed E-state index contributed by atoms with van der Waals surface area (Å²) in [5.74, 6) is 0.486. The number of ketones is 1. The average Bonchev–Trinajstić information content (AvgIpc) is 3.06. The van der Waals surface area contributed by atoms with Crippen LogP contribution in [0.5, 0.6) is 0 Å². The molecule has 0 aromatic heterocycles. The van der Waals surface area contributed by atoms with Gasteiger partial charge in [-0.25, -0.2) is 0 Å². The molecule has 0 N–H and O–H groups in total. The first-order chi connectivity index (χ1) is 7.71. The van der Waals surface area contributed by atoms with Crippen molar-refractivity contribution in [2.45, 2.75) is 25.3 Å². The van der Waals surface area contributed by atoms with Crippen LogP contribution in [0, 0.1) is 5.41 Å². The summed E-state index contributed by atoms with van der Waals surface area (Å²) in [6.45, 7) is 0.950. The average molecular weight is 215 g/mol. The molecule has 1 aliphatic heterocycles. The molecule has 0 radical (unpaired) electrons. The zero-order valence-electron chi connectivity index (χ0n) is 9.65. The lowest BCUT2D eigenvalue weighted by Crippen LogP contribution is -2.42. The van der Waals surface area contributed by atoms with Crippen molar-refractivity contribution in [2.24, 2.45) is 5.41 Å². The van der Waals surface area contributed by atoms with Gasteiger partial charge < -0.3 is 0 Å². The van der Waals surface area contributed by atoms with Crippen LogP contribution in [-0.2, 0) is 4.79 Å². The molecule has 1 spiro atoms. The monoisotopic (exact) mass is 215 g/mol. The van der Waals surface area contributed by atoms with Gasteiger partial charge in [0.1, 0.15) is 5.78 Å². The molecule has 1 heterocycles. The smallest absolute Gasteiger partial charge is 0.142 e. The molecule has 1 aliphatic carbocycles. The van der Waals surface area contributed by atoms with Gasteiger partial charge in [-0.05, 0) is 25.5 Å². The van der Waals surface area contributed by atoms with Gasteiger partial charge in [0.25, 0.3) is 0 Å². The molecular weight excluding hydrogens is 198 g/mol. The SMILES string of the molecule is CN1CC2(CC2)C(=O)CC1c1ccccc1. The van der Waals surface area contributed by atoms with Gasteiger partial charge in [0.2, 0.25) is 0 Å². The van der Waals surface area contributed by atoms with Gasteiger partial charge in [0, 0.05) is 24.4 Å². The van der Waals surface area contributed by atoms with Gasteiger partial charge in [-0.1, -0.05) is 30.3 Å². The summed E-state index contributed by atoms with van der Waals surface area (Å²) < 4.78 is 0. The molecule has 0 amide bonds. The van der Waals surface area contributed by atoms with Gasteiger partial charge in [0.15, 0.2) is 0 Å². The number of benzene rings is 1. The second-order valence-corrected chi connectivity index (χ2v) is 5.25. The van der Waals surface area contributed by atoms with E-state index < -0.39 is 0 Å². The van der Waals surface area contributed by atoms with E-state index in [-0.39, 0.29) is 5.41 Å². The molecule has 3 rings (SSSR count). The van der Waals surface area contributed by atoms with Crippen molar-refractivity contribution in [3.8, 4) is 0 Å². The van der Waals surface area contributed by atoms with Crippen molar-refractivity contribution < 1.29 is 4.79 Å². The number of rotatable bonds is 1. The lowest BCUT2D eigenvalue weighted by Gasteiger charge is -2.36. The van der Waals surface area contributed by atoms with Crippen LogP contribution in [0.25, 0.3) is 0 Å². The molecule has 2 heteroatoms. The van der Waals surface area contributed by atoms with Gasteiger partial charge in [-0.3, -0.25) is 9.69 Å². The van der Waals surface area contributed by atoms with Crippen LogP contribution < -0.4 is 0 Å². The number of hydrogen-bond donors (Lipinski definition) is 0. The Labute approximate surface area is 96.3 Å². The summed E-state index contributed by atoms with van der Waals surface area (Å²) in [7, 11) is 2.14. The summed E-state index contributed by atoms with van der Waals surface area (Å²) >= 11 is 0. The van der Waals surface area contributed by atoms with Crippen LogP contribution in [0.15, 0.2) is 30.3 Å². The second kappa shape index (κ2) is 3.42. The van der Waals surface area contributed by atoms with E-state index in [9.17, 15) is 4.79 Å². The van der Waals surface area contributed by atoms with Crippen molar-refractivity contribution >= 4 is 5.78 Å². The molecule has 2 nitrogen and oxygen atoms in total. The Balaban J connectivity index is 1.85. The summed E-state index contributed by atoms with van der Waals surface area (Å²) in [4.78, 5) is 14.4. The quantitative estimate of drug-likeness (QED) is 0.717. The van der Waals surface area contributed by atoms with Crippen LogP contribution in [0.2, 0.25) is 0 Å². The van der Waals surface area contributed by atoms with Gasteiger partial charge in [-0.15, -0.1) is 0 Å². The number of piperidine rings is 1. The highest BCUT2D eigenvalue weighted by atomic mass is 16.1. The Morgan fingerprint density at radius 1 is 1.25 bits per heavy atom. The van der Waals surface area contributed by atoms with E-state index >= 15 is 0 Å². The highest BCUT2D eigenvalue weighted by molar-refractivity contribution is 5.89. The number of nitrogens with zero attached hydrogens (tertiary/aromatic N) is 1. The maximum atomic E-state index is 12.1. The minimum atomic E-state index is 0.0556. The number of carbonyl (C=O) groups is 1. The standard InChI is InChI=1S/C14H17NO/c1-15-10-14(7-8-14)13(16)9-12(15)11-5-3-2-4-6-11/h2-6,12H,7-10H2,1H3. The minimum absolute atomic E-state index is 0.0556. The maximum absolute atomic E-state index is 12.1. The van der Waals surface area contributed by atoms with Crippen molar-refractivity contribution in [1.29, 1.82) is 0 Å². The van der Waals surface area contributed by atoms with E-state index in [4.69, 9.17) is 0 Å². The Kier molecular flexibility index (Phi) is 2.15. The third-order valence-electron chi connectivity index (χ3n) is 4.09. The highest BCUT2D eigenvalue weighted by Crippen LogP contribution is 2.52. The summed E-state index contributed by atoms with van der Waals surface area (Å²) in [5.41, 5.74) is 1.33. The third-order valence-corrected chi connectivity index (χ3v) is 4.09. The number of hydrogen-bond acceptors (Lipinski definition) is 2. The fourth-order valence-corrected chi connectivity index (χ4v) is 2.86. The molecule has 1 saturated heterocycles. The molecule has 16 heavy (non-hydrogen) atoms. The number of likely N-dealkylation sites (tertiary alicyclic amines) is 1. The first-order valence-corrected chi connectivity index (χ1v) is 6.00. The molecule has 84 valence electrons. The molecule has 1 saturated carbocycles. The first kappa shape index (κ1) is 10.0. The Morgan fingerprint density at radius 3 is 2.56 bits per heavy atom. The zero-order chi connectivity index (χ0) is 11.2. The largest absolute Gasteiger partial charge is 0.299 e. The van der Waals surface area contributed by atoms with Crippen molar-refractivity contribution in [3.63, 3.8) is 0 Å². The fourth-order valence-electron chi connectivity index (χ4n) is 2.86. The van der Waals surface area contributed by atoms with E-state index in [1.807, 2.05) is 6.07 Å². The molecule has 1 atom stereocenters. The van der Waals surface area contributed by atoms with E-state index in [0.717, 1.165) is 19.4 Å². The molecule has 2 aliphatic rings. The van der Waals surface area contributed by atoms with Crippen molar-refractivity contribution in [1.82, 2.24) is 4.90 Å². The number of Topliss-reactive ketones (excluding diaryl/α,β-unsaturated/α-hetero) is 1. The minimum Gasteiger partial charge on any atom is -0.299 e. The molecule has 1 unspecified atom stereocenters. The van der Waals surface area contributed by atoms with Crippen LogP contribution in [0.3, 0.4) is 0 Å². The van der Waals surface area contributed by atoms with Gasteiger partial charge in [0.05, 0.1) is 0 Å². The topological polar surface area (TPSA) is 20.3 Å². The van der Waals surface area contributed by atoms with Crippen LogP contribution in [0.1, 0.15) is 30.9 Å². The van der Waals surface area contributed by atoms with E-state index in [2.05, 4.69) is 36.2 Å². The van der Waals surface area contributed by atoms with Crippen LogP contribution >= 0.6 is 0 Å². The molecule has 2 fully saturated rings. The van der Waals surface area contributed by atoms with Crippen molar-refractivity contribution in [3.05, 3.63) is 35.9 Å². The highest BCUT2D eigenvalue weighted by Gasteiger charge is 2.53. The summed E-state index contributed by atoms with van der Waals surface area (Å²) in [5, 5.41) is 0. The van der Waals surface area contributed by atoms with Gasteiger partial charge >= 0.3 is 0 Å². The Morgan fingerprint density at radius 2 is 1.94 bits per heavy atom. The first-order valence-electron chi connectivity index (χ1n) is 6.00. The molecular formula is C14H17NO. The maximum Gasteiger partial charge on any atom is 0.142 e. The van der Waals surface area contributed by atoms with E-state index in [0.29, 0.717) is 18.2 Å². The van der Waals surface area contributed by atoms with Crippen molar-refractivity contribution in [2.75, 3.05) is 13.6 Å². The Hall–Kier alpha value is -1.15. The summed E-state index contributed by atoms with van der Waals surface area (Å²) in [6, 6.07) is 10.7. The zero-order valence-corrected chi connectivity index (χ0v) is 9.65. The van der Waals surface area contributed by atoms with E-state index in [1.165, 1.54) is 5.56 Å². The van der Waals surface area contributed by atoms with Crippen LogP contribution in [-0.4, -0.2) is 24.3 Å². The molecule has 0 bridgehead atoms. The Bertz CT molecular complexity index is 408. The number of carbonyl (C=O) groups excluding carboxylic acids is 1. The third kappa shape index (κ3) is 1.49. The van der Waals surface area contributed by atoms with E-state index in [1.54, 1.807) is 0 Å². The van der Waals surface area contributed by atoms with Gasteiger partial charge in [-0.2, -0.15) is 0 Å². The normalized spacial score (nSPS) is 28.3.